The van der Waals surface area contributed by atoms with Crippen molar-refractivity contribution in [2.75, 3.05) is 11.9 Å². The molecular weight excluding hydrogens is 306 g/mol. The average Bonchev–Trinajstić information content (AvgIpc) is 3.29. The first-order valence-corrected chi connectivity index (χ1v) is 8.00. The number of anilines is 1. The van der Waals surface area contributed by atoms with Gasteiger partial charge in [0.2, 0.25) is 5.91 Å². The van der Waals surface area contributed by atoms with Gasteiger partial charge in [-0.2, -0.15) is 5.10 Å². The number of carbonyl (C=O) groups excluding carboxylic acids is 2. The minimum absolute atomic E-state index is 0.0794. The van der Waals surface area contributed by atoms with E-state index in [2.05, 4.69) is 21.0 Å². The highest BCUT2D eigenvalue weighted by Crippen LogP contribution is 2.21. The SMILES string of the molecule is Cc1cc(C)n(-c2ccccc2NC(=O)CNC(=O)NC2CC2)n1. The molecule has 3 rings (SSSR count). The fraction of sp³-hybridized carbons (Fsp3) is 0.353. The molecule has 0 aliphatic heterocycles. The molecule has 7 nitrogen and oxygen atoms in total. The molecule has 3 N–H and O–H groups in total. The lowest BCUT2D eigenvalue weighted by Gasteiger charge is -2.13. The third-order valence-electron chi connectivity index (χ3n) is 3.74. The van der Waals surface area contributed by atoms with Crippen molar-refractivity contribution < 1.29 is 9.59 Å². The van der Waals surface area contributed by atoms with Gasteiger partial charge in [-0.1, -0.05) is 12.1 Å². The van der Waals surface area contributed by atoms with Crippen molar-refractivity contribution in [2.45, 2.75) is 32.7 Å². The van der Waals surface area contributed by atoms with Gasteiger partial charge in [0.05, 0.1) is 23.6 Å². The third kappa shape index (κ3) is 3.92. The summed E-state index contributed by atoms with van der Waals surface area (Å²) in [5.41, 5.74) is 3.33. The van der Waals surface area contributed by atoms with E-state index in [9.17, 15) is 9.59 Å². The molecule has 0 atom stereocenters. The minimum Gasteiger partial charge on any atom is -0.335 e. The predicted molar refractivity (Wildman–Crippen MR) is 91.2 cm³/mol. The van der Waals surface area contributed by atoms with Crippen LogP contribution in [0.3, 0.4) is 0 Å². The number of para-hydroxylation sites is 2. The zero-order valence-electron chi connectivity index (χ0n) is 13.8. The number of nitrogens with zero attached hydrogens (tertiary/aromatic N) is 2. The van der Waals surface area contributed by atoms with Gasteiger partial charge in [0.1, 0.15) is 0 Å². The number of amides is 3. The van der Waals surface area contributed by atoms with Crippen LogP contribution in [0.1, 0.15) is 24.2 Å². The molecule has 0 radical (unpaired) electrons. The van der Waals surface area contributed by atoms with Crippen LogP contribution < -0.4 is 16.0 Å². The van der Waals surface area contributed by atoms with Crippen molar-refractivity contribution in [3.63, 3.8) is 0 Å². The zero-order valence-corrected chi connectivity index (χ0v) is 13.8. The molecule has 0 saturated heterocycles. The Morgan fingerprint density at radius 1 is 1.25 bits per heavy atom. The molecule has 0 bridgehead atoms. The number of carbonyl (C=O) groups is 2. The molecule has 24 heavy (non-hydrogen) atoms. The molecule has 1 aromatic heterocycles. The Bertz CT molecular complexity index is 764. The maximum atomic E-state index is 12.1. The van der Waals surface area contributed by atoms with Gasteiger partial charge in [-0.15, -0.1) is 0 Å². The van der Waals surface area contributed by atoms with Crippen molar-refractivity contribution in [3.05, 3.63) is 41.7 Å². The van der Waals surface area contributed by atoms with Crippen molar-refractivity contribution >= 4 is 17.6 Å². The van der Waals surface area contributed by atoms with Gasteiger partial charge < -0.3 is 16.0 Å². The van der Waals surface area contributed by atoms with Crippen LogP contribution in [-0.2, 0) is 4.79 Å². The van der Waals surface area contributed by atoms with Gasteiger partial charge in [-0.25, -0.2) is 9.48 Å². The van der Waals surface area contributed by atoms with Crippen molar-refractivity contribution in [1.82, 2.24) is 20.4 Å². The topological polar surface area (TPSA) is 88.0 Å². The summed E-state index contributed by atoms with van der Waals surface area (Å²) in [6.07, 6.45) is 2.02. The van der Waals surface area contributed by atoms with E-state index >= 15 is 0 Å². The molecule has 1 saturated carbocycles. The summed E-state index contributed by atoms with van der Waals surface area (Å²) >= 11 is 0. The van der Waals surface area contributed by atoms with E-state index < -0.39 is 0 Å². The van der Waals surface area contributed by atoms with Gasteiger partial charge >= 0.3 is 6.03 Å². The number of hydrogen-bond acceptors (Lipinski definition) is 3. The molecule has 2 aromatic rings. The second-order valence-electron chi connectivity index (χ2n) is 6.01. The highest BCUT2D eigenvalue weighted by molar-refractivity contribution is 5.96. The number of nitrogens with one attached hydrogen (secondary N) is 3. The standard InChI is InChI=1S/C17H21N5O2/c1-11-9-12(2)22(21-11)15-6-4-3-5-14(15)20-16(23)10-18-17(24)19-13-7-8-13/h3-6,9,13H,7-8,10H2,1-2H3,(H,20,23)(H2,18,19,24). The fourth-order valence-corrected chi connectivity index (χ4v) is 2.46. The molecule has 7 heteroatoms. The highest BCUT2D eigenvalue weighted by Gasteiger charge is 2.23. The van der Waals surface area contributed by atoms with Crippen molar-refractivity contribution in [2.24, 2.45) is 0 Å². The van der Waals surface area contributed by atoms with Crippen LogP contribution in [0.4, 0.5) is 10.5 Å². The van der Waals surface area contributed by atoms with Crippen LogP contribution in [0.25, 0.3) is 5.69 Å². The molecule has 0 spiro atoms. The van der Waals surface area contributed by atoms with E-state index in [-0.39, 0.29) is 24.5 Å². The van der Waals surface area contributed by atoms with E-state index in [0.717, 1.165) is 29.9 Å². The van der Waals surface area contributed by atoms with Gasteiger partial charge in [0, 0.05) is 11.7 Å². The van der Waals surface area contributed by atoms with E-state index in [1.165, 1.54) is 0 Å². The first-order chi connectivity index (χ1) is 11.5. The summed E-state index contributed by atoms with van der Waals surface area (Å²) < 4.78 is 1.79. The quantitative estimate of drug-likeness (QED) is 0.783. The molecule has 1 heterocycles. The second-order valence-corrected chi connectivity index (χ2v) is 6.01. The molecule has 0 unspecified atom stereocenters. The normalized spacial score (nSPS) is 13.4. The summed E-state index contributed by atoms with van der Waals surface area (Å²) in [7, 11) is 0. The van der Waals surface area contributed by atoms with Gasteiger partial charge in [-0.05, 0) is 44.9 Å². The van der Waals surface area contributed by atoms with E-state index in [4.69, 9.17) is 0 Å². The van der Waals surface area contributed by atoms with Crippen LogP contribution in [0.15, 0.2) is 30.3 Å². The lowest BCUT2D eigenvalue weighted by Crippen LogP contribution is -2.40. The third-order valence-corrected chi connectivity index (χ3v) is 3.74. The van der Waals surface area contributed by atoms with Crippen LogP contribution >= 0.6 is 0 Å². The summed E-state index contributed by atoms with van der Waals surface area (Å²) in [5, 5.41) is 12.6. The number of rotatable bonds is 5. The van der Waals surface area contributed by atoms with Gasteiger partial charge in [0.15, 0.2) is 0 Å². The van der Waals surface area contributed by atoms with E-state index in [1.54, 1.807) is 4.68 Å². The Morgan fingerprint density at radius 3 is 2.67 bits per heavy atom. The Balaban J connectivity index is 1.65. The van der Waals surface area contributed by atoms with Crippen LogP contribution in [0.5, 0.6) is 0 Å². The molecule has 1 aliphatic carbocycles. The summed E-state index contributed by atoms with van der Waals surface area (Å²) in [5.74, 6) is -0.282. The number of benzene rings is 1. The molecule has 126 valence electrons. The van der Waals surface area contributed by atoms with E-state index in [0.29, 0.717) is 5.69 Å². The van der Waals surface area contributed by atoms with Crippen LogP contribution in [0, 0.1) is 13.8 Å². The minimum atomic E-state index is -0.306. The monoisotopic (exact) mass is 327 g/mol. The van der Waals surface area contributed by atoms with Gasteiger partial charge in [0.25, 0.3) is 0 Å². The van der Waals surface area contributed by atoms with Gasteiger partial charge in [-0.3, -0.25) is 4.79 Å². The molecule has 1 aromatic carbocycles. The fourth-order valence-electron chi connectivity index (χ4n) is 2.46. The Hall–Kier alpha value is -2.83. The zero-order chi connectivity index (χ0) is 17.1. The molecular formula is C17H21N5O2. The molecule has 3 amide bonds. The molecule has 1 aliphatic rings. The summed E-state index contributed by atoms with van der Waals surface area (Å²) in [4.78, 5) is 23.7. The summed E-state index contributed by atoms with van der Waals surface area (Å²) in [6, 6.07) is 9.37. The van der Waals surface area contributed by atoms with Crippen molar-refractivity contribution in [1.29, 1.82) is 0 Å². The maximum absolute atomic E-state index is 12.1. The highest BCUT2D eigenvalue weighted by atomic mass is 16.2. The lowest BCUT2D eigenvalue weighted by atomic mass is 10.2. The van der Waals surface area contributed by atoms with Crippen LogP contribution in [0.2, 0.25) is 0 Å². The van der Waals surface area contributed by atoms with Crippen molar-refractivity contribution in [3.8, 4) is 5.69 Å². The Morgan fingerprint density at radius 2 is 2.00 bits per heavy atom. The number of aryl methyl sites for hydroxylation is 2. The largest absolute Gasteiger partial charge is 0.335 e. The average molecular weight is 327 g/mol. The number of aromatic nitrogens is 2. The number of hydrogen-bond donors (Lipinski definition) is 3. The predicted octanol–water partition coefficient (Wildman–Crippen LogP) is 1.89. The first-order valence-electron chi connectivity index (χ1n) is 8.00. The van der Waals surface area contributed by atoms with E-state index in [1.807, 2.05) is 44.2 Å². The second kappa shape index (κ2) is 6.74. The Kier molecular flexibility index (Phi) is 4.50. The number of urea groups is 1. The first kappa shape index (κ1) is 16.0. The summed E-state index contributed by atoms with van der Waals surface area (Å²) in [6.45, 7) is 3.81. The molecule has 1 fully saturated rings. The maximum Gasteiger partial charge on any atom is 0.315 e. The van der Waals surface area contributed by atoms with Crippen LogP contribution in [-0.4, -0.2) is 34.3 Å². The lowest BCUT2D eigenvalue weighted by molar-refractivity contribution is -0.115. The Labute approximate surface area is 140 Å². The smallest absolute Gasteiger partial charge is 0.315 e.